The van der Waals surface area contributed by atoms with Gasteiger partial charge < -0.3 is 46.6 Å². The van der Waals surface area contributed by atoms with E-state index in [-0.39, 0.29) is 30.3 Å². The number of carbonyl (C=O) groups is 6. The fourth-order valence-electron chi connectivity index (χ4n) is 4.97. The Bertz CT molecular complexity index is 1520. The smallest absolute Gasteiger partial charge is 0.405 e. The zero-order valence-electron chi connectivity index (χ0n) is 27.6. The van der Waals surface area contributed by atoms with Gasteiger partial charge in [0.15, 0.2) is 0 Å². The lowest BCUT2D eigenvalue weighted by Crippen LogP contribution is -2.57. The van der Waals surface area contributed by atoms with E-state index < -0.39 is 78.4 Å². The van der Waals surface area contributed by atoms with Crippen LogP contribution in [0.5, 0.6) is 11.5 Å². The molecule has 264 valence electrons. The predicted molar refractivity (Wildman–Crippen MR) is 176 cm³/mol. The third-order valence-electron chi connectivity index (χ3n) is 7.67. The molecule has 0 bridgehead atoms. The summed E-state index contributed by atoms with van der Waals surface area (Å²) >= 11 is 0. The number of carboxylic acid groups (broad SMARTS) is 1. The minimum Gasteiger partial charge on any atom is -0.508 e. The summed E-state index contributed by atoms with van der Waals surface area (Å²) in [6.45, 7) is 6.33. The number of rotatable bonds is 11. The highest BCUT2D eigenvalue weighted by molar-refractivity contribution is 5.95. The van der Waals surface area contributed by atoms with Crippen molar-refractivity contribution < 1.29 is 48.8 Å². The SMILES string of the molecule is CC(C)[C@@H]1NC(=O)/C=C/[C@@H](NC(=O)[C@@H](NC(=O)[C@H](Cc2ccc(O)cc2)NC(=O)O)C(C)C)COC(=O)[C@H](Cc2ccc(O)cc2)NC1=O. The van der Waals surface area contributed by atoms with E-state index in [9.17, 15) is 44.1 Å². The van der Waals surface area contributed by atoms with Crippen LogP contribution >= 0.6 is 0 Å². The highest BCUT2D eigenvalue weighted by Gasteiger charge is 2.33. The number of cyclic esters (lactones) is 1. The van der Waals surface area contributed by atoms with Crippen LogP contribution in [-0.2, 0) is 41.6 Å². The number of carbonyl (C=O) groups excluding carboxylic acids is 5. The van der Waals surface area contributed by atoms with Gasteiger partial charge in [0.2, 0.25) is 23.6 Å². The fraction of sp³-hybridized carbons (Fsp3) is 0.412. The van der Waals surface area contributed by atoms with Crippen LogP contribution in [0.1, 0.15) is 38.8 Å². The first-order chi connectivity index (χ1) is 23.1. The third kappa shape index (κ3) is 11.9. The van der Waals surface area contributed by atoms with Crippen LogP contribution in [0.2, 0.25) is 0 Å². The second-order valence-corrected chi connectivity index (χ2v) is 12.4. The molecular weight excluding hydrogens is 638 g/mol. The maximum absolute atomic E-state index is 13.5. The highest BCUT2D eigenvalue weighted by atomic mass is 16.5. The quantitative estimate of drug-likeness (QED) is 0.156. The molecule has 0 spiro atoms. The maximum atomic E-state index is 13.5. The lowest BCUT2D eigenvalue weighted by Gasteiger charge is -2.28. The van der Waals surface area contributed by atoms with Crippen LogP contribution < -0.4 is 26.6 Å². The number of hydrogen-bond donors (Lipinski definition) is 8. The van der Waals surface area contributed by atoms with Gasteiger partial charge in [-0.1, -0.05) is 58.0 Å². The Morgan fingerprint density at radius 1 is 0.857 bits per heavy atom. The van der Waals surface area contributed by atoms with Crippen molar-refractivity contribution in [2.75, 3.05) is 6.61 Å². The summed E-state index contributed by atoms with van der Waals surface area (Å²) in [7, 11) is 0. The molecule has 15 nitrogen and oxygen atoms in total. The number of ether oxygens (including phenoxy) is 1. The van der Waals surface area contributed by atoms with Crippen molar-refractivity contribution in [3.8, 4) is 11.5 Å². The van der Waals surface area contributed by atoms with Crippen molar-refractivity contribution in [2.45, 2.75) is 70.7 Å². The van der Waals surface area contributed by atoms with E-state index in [0.29, 0.717) is 11.1 Å². The minimum atomic E-state index is -1.46. The van der Waals surface area contributed by atoms with Crippen LogP contribution in [-0.4, -0.2) is 87.8 Å². The third-order valence-corrected chi connectivity index (χ3v) is 7.67. The Kier molecular flexibility index (Phi) is 13.5. The molecule has 3 rings (SSSR count). The molecule has 8 N–H and O–H groups in total. The van der Waals surface area contributed by atoms with Gasteiger partial charge in [0.1, 0.15) is 42.3 Å². The van der Waals surface area contributed by atoms with Crippen molar-refractivity contribution in [2.24, 2.45) is 11.8 Å². The molecule has 0 saturated heterocycles. The number of aromatic hydroxyl groups is 2. The summed E-state index contributed by atoms with van der Waals surface area (Å²) in [6, 6.07) is 6.20. The Hall–Kier alpha value is -5.60. The van der Waals surface area contributed by atoms with Crippen molar-refractivity contribution in [1.82, 2.24) is 26.6 Å². The van der Waals surface area contributed by atoms with E-state index in [1.165, 1.54) is 42.5 Å². The van der Waals surface area contributed by atoms with Gasteiger partial charge in [-0.15, -0.1) is 0 Å². The average molecular weight is 682 g/mol. The summed E-state index contributed by atoms with van der Waals surface area (Å²) < 4.78 is 5.51. The van der Waals surface area contributed by atoms with Crippen LogP contribution in [0.3, 0.4) is 0 Å². The van der Waals surface area contributed by atoms with Crippen molar-refractivity contribution in [3.05, 3.63) is 71.8 Å². The molecule has 0 saturated carbocycles. The van der Waals surface area contributed by atoms with E-state index in [4.69, 9.17) is 4.74 Å². The molecule has 1 heterocycles. The number of esters is 1. The van der Waals surface area contributed by atoms with Crippen LogP contribution in [0.15, 0.2) is 60.7 Å². The molecule has 0 fully saturated rings. The summed E-state index contributed by atoms with van der Waals surface area (Å²) in [5, 5.41) is 41.2. The summed E-state index contributed by atoms with van der Waals surface area (Å²) in [5.74, 6) is -4.36. The zero-order chi connectivity index (χ0) is 36.2. The molecular formula is C34H43N5O10. The standard InChI is InChI=1S/C34H43N5O10/c1-18(2)28-32(45)36-26(16-21-7-12-24(41)13-8-21)33(46)49-17-22(9-14-27(42)38-28)35-31(44)29(19(3)4)39-30(43)25(37-34(47)48)15-20-5-10-23(40)11-6-20/h5-14,18-19,22,25-26,28-29,37,40-41H,15-17H2,1-4H3,(H,35,44)(H,36,45)(H,38,42)(H,39,43)(H,47,48)/b14-9+/t22-,25+,26+,28+,29+/m1/s1. The molecule has 5 amide bonds. The molecule has 1 aliphatic rings. The van der Waals surface area contributed by atoms with Gasteiger partial charge in [0.25, 0.3) is 0 Å². The largest absolute Gasteiger partial charge is 0.508 e. The molecule has 49 heavy (non-hydrogen) atoms. The monoisotopic (exact) mass is 681 g/mol. The molecule has 2 aromatic rings. The normalized spacial score (nSPS) is 20.4. The lowest BCUT2D eigenvalue weighted by atomic mass is 10.0. The minimum absolute atomic E-state index is 0.00577. The van der Waals surface area contributed by atoms with Gasteiger partial charge in [-0.3, -0.25) is 19.2 Å². The Labute approximate surface area is 283 Å². The van der Waals surface area contributed by atoms with Gasteiger partial charge in [-0.25, -0.2) is 9.59 Å². The molecule has 0 aromatic heterocycles. The second kappa shape index (κ2) is 17.5. The molecule has 5 atom stereocenters. The molecule has 0 aliphatic carbocycles. The number of benzene rings is 2. The Morgan fingerprint density at radius 3 is 2.00 bits per heavy atom. The zero-order valence-corrected chi connectivity index (χ0v) is 27.6. The molecule has 2 aromatic carbocycles. The number of amides is 5. The number of nitrogens with one attached hydrogen (secondary N) is 5. The van der Waals surface area contributed by atoms with Gasteiger partial charge in [0.05, 0.1) is 6.04 Å². The van der Waals surface area contributed by atoms with E-state index in [1.807, 2.05) is 0 Å². The molecule has 0 radical (unpaired) electrons. The van der Waals surface area contributed by atoms with Crippen molar-refractivity contribution in [1.29, 1.82) is 0 Å². The molecule has 0 unspecified atom stereocenters. The van der Waals surface area contributed by atoms with E-state index >= 15 is 0 Å². The first kappa shape index (κ1) is 37.9. The summed E-state index contributed by atoms with van der Waals surface area (Å²) in [5.41, 5.74) is 1.16. The van der Waals surface area contributed by atoms with Gasteiger partial charge in [-0.2, -0.15) is 0 Å². The van der Waals surface area contributed by atoms with E-state index in [2.05, 4.69) is 26.6 Å². The van der Waals surface area contributed by atoms with Crippen LogP contribution in [0.4, 0.5) is 4.79 Å². The van der Waals surface area contributed by atoms with E-state index in [1.54, 1.807) is 39.8 Å². The van der Waals surface area contributed by atoms with E-state index in [0.717, 1.165) is 6.08 Å². The maximum Gasteiger partial charge on any atom is 0.405 e. The first-order valence-electron chi connectivity index (χ1n) is 15.7. The Morgan fingerprint density at radius 2 is 1.45 bits per heavy atom. The number of phenolic OH excluding ortho intramolecular Hbond substituents is 2. The lowest BCUT2D eigenvalue weighted by molar-refractivity contribution is -0.149. The summed E-state index contributed by atoms with van der Waals surface area (Å²) in [6.07, 6.45) is 0.881. The van der Waals surface area contributed by atoms with Crippen molar-refractivity contribution in [3.63, 3.8) is 0 Å². The average Bonchev–Trinajstić information content (AvgIpc) is 3.03. The van der Waals surface area contributed by atoms with Gasteiger partial charge in [0, 0.05) is 18.9 Å². The predicted octanol–water partition coefficient (Wildman–Crippen LogP) is 0.883. The van der Waals surface area contributed by atoms with Crippen molar-refractivity contribution >= 4 is 35.7 Å². The highest BCUT2D eigenvalue weighted by Crippen LogP contribution is 2.15. The van der Waals surface area contributed by atoms with Crippen LogP contribution in [0.25, 0.3) is 0 Å². The number of hydrogen-bond acceptors (Lipinski definition) is 9. The molecule has 1 aliphatic heterocycles. The Balaban J connectivity index is 1.81. The number of phenols is 2. The second-order valence-electron chi connectivity index (χ2n) is 12.4. The molecule has 15 heteroatoms. The topological polar surface area (TPSA) is 232 Å². The first-order valence-corrected chi connectivity index (χ1v) is 15.7. The summed E-state index contributed by atoms with van der Waals surface area (Å²) in [4.78, 5) is 77.6. The van der Waals surface area contributed by atoms with Crippen LogP contribution in [0, 0.1) is 11.8 Å². The van der Waals surface area contributed by atoms with Gasteiger partial charge >= 0.3 is 12.1 Å². The van der Waals surface area contributed by atoms with Gasteiger partial charge in [-0.05, 0) is 47.2 Å². The fourth-order valence-corrected chi connectivity index (χ4v) is 4.97.